The van der Waals surface area contributed by atoms with Gasteiger partial charge in [0.2, 0.25) is 0 Å². The number of amides is 2. The maximum absolute atomic E-state index is 11.7. The average Bonchev–Trinajstić information content (AvgIpc) is 2.31. The lowest BCUT2D eigenvalue weighted by atomic mass is 10.2. The molecule has 0 saturated heterocycles. The molecule has 1 atom stereocenters. The Kier molecular flexibility index (Phi) is 8.13. The molecule has 0 aliphatic rings. The Balaban J connectivity index is 4.18. The van der Waals surface area contributed by atoms with E-state index in [2.05, 4.69) is 5.32 Å². The molecule has 0 radical (unpaired) electrons. The second kappa shape index (κ2) is 8.81. The van der Waals surface area contributed by atoms with Crippen LogP contribution in [0.15, 0.2) is 0 Å². The number of carboxylic acid groups (broad SMARTS) is 1. The number of carbonyl (C=O) groups excluding carboxylic acids is 1. The summed E-state index contributed by atoms with van der Waals surface area (Å²) in [5.74, 6) is -1.01. The molecule has 0 fully saturated rings. The van der Waals surface area contributed by atoms with Gasteiger partial charge in [-0.2, -0.15) is 0 Å². The van der Waals surface area contributed by atoms with Gasteiger partial charge in [-0.15, -0.1) is 0 Å². The van der Waals surface area contributed by atoms with E-state index in [4.69, 9.17) is 9.84 Å². The SMILES string of the molecule is CCOCCN(CC)C(=O)NC(CC)C(=O)O. The highest BCUT2D eigenvalue weighted by atomic mass is 16.5. The number of carboxylic acids is 1. The lowest BCUT2D eigenvalue weighted by molar-refractivity contribution is -0.139. The number of hydrogen-bond donors (Lipinski definition) is 2. The minimum Gasteiger partial charge on any atom is -0.480 e. The van der Waals surface area contributed by atoms with Crippen LogP contribution in [0, 0.1) is 0 Å². The van der Waals surface area contributed by atoms with Gasteiger partial charge >= 0.3 is 12.0 Å². The number of likely N-dealkylation sites (N-methyl/N-ethyl adjacent to an activating group) is 1. The first-order valence-electron chi connectivity index (χ1n) is 5.92. The molecule has 0 spiro atoms. The monoisotopic (exact) mass is 246 g/mol. The van der Waals surface area contributed by atoms with Gasteiger partial charge in [0.05, 0.1) is 6.61 Å². The molecule has 2 N–H and O–H groups in total. The molecule has 100 valence electrons. The predicted octanol–water partition coefficient (Wildman–Crippen LogP) is 0.918. The van der Waals surface area contributed by atoms with Gasteiger partial charge in [0.1, 0.15) is 6.04 Å². The molecule has 0 rings (SSSR count). The highest BCUT2D eigenvalue weighted by Crippen LogP contribution is 1.96. The first kappa shape index (κ1) is 15.7. The number of carbonyl (C=O) groups is 2. The summed E-state index contributed by atoms with van der Waals surface area (Å²) in [6.07, 6.45) is 0.365. The number of hydrogen-bond acceptors (Lipinski definition) is 3. The highest BCUT2D eigenvalue weighted by Gasteiger charge is 2.20. The van der Waals surface area contributed by atoms with Crippen LogP contribution in [0.4, 0.5) is 4.79 Å². The number of nitrogens with zero attached hydrogens (tertiary/aromatic N) is 1. The Morgan fingerprint density at radius 2 is 2.00 bits per heavy atom. The van der Waals surface area contributed by atoms with Crippen molar-refractivity contribution in [3.05, 3.63) is 0 Å². The van der Waals surface area contributed by atoms with Gasteiger partial charge in [0.25, 0.3) is 0 Å². The zero-order chi connectivity index (χ0) is 13.3. The van der Waals surface area contributed by atoms with Crippen molar-refractivity contribution < 1.29 is 19.4 Å². The van der Waals surface area contributed by atoms with Crippen molar-refractivity contribution in [1.82, 2.24) is 10.2 Å². The molecule has 0 bridgehead atoms. The normalized spacial score (nSPS) is 11.9. The molecule has 0 aromatic heterocycles. The summed E-state index contributed by atoms with van der Waals surface area (Å²) in [6, 6.07) is -1.19. The summed E-state index contributed by atoms with van der Waals surface area (Å²) in [7, 11) is 0. The lowest BCUT2D eigenvalue weighted by Crippen LogP contribution is -2.48. The van der Waals surface area contributed by atoms with Crippen molar-refractivity contribution in [3.63, 3.8) is 0 Å². The van der Waals surface area contributed by atoms with Gasteiger partial charge in [-0.25, -0.2) is 9.59 Å². The number of aliphatic carboxylic acids is 1. The molecule has 0 aromatic carbocycles. The van der Waals surface area contributed by atoms with Crippen LogP contribution in [0.1, 0.15) is 27.2 Å². The van der Waals surface area contributed by atoms with Crippen LogP contribution in [0.3, 0.4) is 0 Å². The first-order valence-corrected chi connectivity index (χ1v) is 5.92. The Bertz CT molecular complexity index is 246. The zero-order valence-electron chi connectivity index (χ0n) is 10.7. The number of urea groups is 1. The first-order chi connectivity index (χ1) is 8.06. The molecule has 6 heteroatoms. The standard InChI is InChI=1S/C11H22N2O4/c1-4-9(10(14)15)12-11(16)13(5-2)7-8-17-6-3/h9H,4-8H2,1-3H3,(H,12,16)(H,14,15). The van der Waals surface area contributed by atoms with E-state index in [0.717, 1.165) is 0 Å². The van der Waals surface area contributed by atoms with E-state index in [0.29, 0.717) is 32.7 Å². The van der Waals surface area contributed by atoms with Crippen LogP contribution in [0.2, 0.25) is 0 Å². The summed E-state index contributed by atoms with van der Waals surface area (Å²) < 4.78 is 5.16. The lowest BCUT2D eigenvalue weighted by Gasteiger charge is -2.23. The Labute approximate surface area is 102 Å². The fourth-order valence-electron chi connectivity index (χ4n) is 1.30. The molecule has 6 nitrogen and oxygen atoms in total. The van der Waals surface area contributed by atoms with Crippen LogP contribution in [-0.4, -0.2) is 54.4 Å². The topological polar surface area (TPSA) is 78.9 Å². The minimum atomic E-state index is -1.01. The van der Waals surface area contributed by atoms with Crippen LogP contribution in [-0.2, 0) is 9.53 Å². The highest BCUT2D eigenvalue weighted by molar-refractivity contribution is 5.82. The molecule has 0 saturated carbocycles. The summed E-state index contributed by atoms with van der Waals surface area (Å²) in [5.41, 5.74) is 0. The van der Waals surface area contributed by atoms with Crippen LogP contribution in [0.5, 0.6) is 0 Å². The van der Waals surface area contributed by atoms with Crippen LogP contribution >= 0.6 is 0 Å². The zero-order valence-corrected chi connectivity index (χ0v) is 10.7. The van der Waals surface area contributed by atoms with Crippen molar-refractivity contribution in [2.75, 3.05) is 26.3 Å². The van der Waals surface area contributed by atoms with Gasteiger partial charge < -0.3 is 20.1 Å². The summed E-state index contributed by atoms with van der Waals surface area (Å²) >= 11 is 0. The number of rotatable bonds is 8. The molecule has 2 amide bonds. The van der Waals surface area contributed by atoms with Crippen LogP contribution < -0.4 is 5.32 Å². The third-order valence-corrected chi connectivity index (χ3v) is 2.38. The molecule has 0 aliphatic carbocycles. The largest absolute Gasteiger partial charge is 0.480 e. The van der Waals surface area contributed by atoms with E-state index in [1.54, 1.807) is 6.92 Å². The van der Waals surface area contributed by atoms with Gasteiger partial charge in [-0.3, -0.25) is 0 Å². The summed E-state index contributed by atoms with van der Waals surface area (Å²) in [6.45, 7) is 7.49. The maximum atomic E-state index is 11.7. The van der Waals surface area contributed by atoms with E-state index >= 15 is 0 Å². The van der Waals surface area contributed by atoms with Crippen molar-refractivity contribution in [2.45, 2.75) is 33.2 Å². The van der Waals surface area contributed by atoms with Gasteiger partial charge in [0, 0.05) is 19.7 Å². The third-order valence-electron chi connectivity index (χ3n) is 2.38. The maximum Gasteiger partial charge on any atom is 0.326 e. The smallest absolute Gasteiger partial charge is 0.326 e. The molecular weight excluding hydrogens is 224 g/mol. The predicted molar refractivity (Wildman–Crippen MR) is 64.0 cm³/mol. The fourth-order valence-corrected chi connectivity index (χ4v) is 1.30. The van der Waals surface area contributed by atoms with Crippen molar-refractivity contribution in [1.29, 1.82) is 0 Å². The number of nitrogens with one attached hydrogen (secondary N) is 1. The van der Waals surface area contributed by atoms with E-state index in [-0.39, 0.29) is 6.03 Å². The van der Waals surface area contributed by atoms with E-state index in [1.165, 1.54) is 4.90 Å². The Morgan fingerprint density at radius 3 is 2.41 bits per heavy atom. The molecule has 0 aliphatic heterocycles. The molecule has 1 unspecified atom stereocenters. The second-order valence-corrected chi connectivity index (χ2v) is 3.53. The number of ether oxygens (including phenoxy) is 1. The van der Waals surface area contributed by atoms with E-state index in [1.807, 2.05) is 13.8 Å². The van der Waals surface area contributed by atoms with Crippen molar-refractivity contribution in [2.24, 2.45) is 0 Å². The summed E-state index contributed by atoms with van der Waals surface area (Å²) in [4.78, 5) is 24.0. The second-order valence-electron chi connectivity index (χ2n) is 3.53. The van der Waals surface area contributed by atoms with Crippen molar-refractivity contribution >= 4 is 12.0 Å². The molecule has 17 heavy (non-hydrogen) atoms. The Hall–Kier alpha value is -1.30. The Morgan fingerprint density at radius 1 is 1.35 bits per heavy atom. The van der Waals surface area contributed by atoms with Crippen LogP contribution in [0.25, 0.3) is 0 Å². The van der Waals surface area contributed by atoms with Gasteiger partial charge in [-0.1, -0.05) is 6.92 Å². The third kappa shape index (κ3) is 6.11. The minimum absolute atomic E-state index is 0.360. The fraction of sp³-hybridized carbons (Fsp3) is 0.818. The quantitative estimate of drug-likeness (QED) is 0.624. The van der Waals surface area contributed by atoms with Crippen molar-refractivity contribution in [3.8, 4) is 0 Å². The van der Waals surface area contributed by atoms with E-state index < -0.39 is 12.0 Å². The molecular formula is C11H22N2O4. The van der Waals surface area contributed by atoms with E-state index in [9.17, 15) is 9.59 Å². The average molecular weight is 246 g/mol. The van der Waals surface area contributed by atoms with Gasteiger partial charge in [0.15, 0.2) is 0 Å². The van der Waals surface area contributed by atoms with Gasteiger partial charge in [-0.05, 0) is 20.3 Å². The molecule has 0 aromatic rings. The summed E-state index contributed by atoms with van der Waals surface area (Å²) in [5, 5.41) is 11.3. The molecule has 0 heterocycles.